The molecule has 1 aliphatic carbocycles. The number of carbonyl (C=O) groups excluding carboxylic acids is 2. The van der Waals surface area contributed by atoms with E-state index in [-0.39, 0.29) is 31.8 Å². The molecule has 3 unspecified atom stereocenters. The molecule has 1 aliphatic heterocycles. The largest absolute Gasteiger partial charge is 0.481 e. The summed E-state index contributed by atoms with van der Waals surface area (Å²) in [5.74, 6) is -4.56. The van der Waals surface area contributed by atoms with Gasteiger partial charge in [-0.25, -0.2) is 0 Å². The Balaban J connectivity index is 1.90. The van der Waals surface area contributed by atoms with Gasteiger partial charge < -0.3 is 14.9 Å². The molecule has 26 heavy (non-hydrogen) atoms. The van der Waals surface area contributed by atoms with Crippen LogP contribution < -0.4 is 0 Å². The molecule has 2 fully saturated rings. The molecule has 1 N–H and O–H groups in total. The summed E-state index contributed by atoms with van der Waals surface area (Å²) in [6.07, 6.45) is -2.66. The summed E-state index contributed by atoms with van der Waals surface area (Å²) in [6, 6.07) is 0. The first-order valence-corrected chi connectivity index (χ1v) is 8.92. The minimum atomic E-state index is -4.30. The molecule has 9 heteroatoms. The predicted molar refractivity (Wildman–Crippen MR) is 86.1 cm³/mol. The highest BCUT2D eigenvalue weighted by Crippen LogP contribution is 2.40. The lowest BCUT2D eigenvalue weighted by Crippen LogP contribution is -2.48. The molecule has 0 aromatic carbocycles. The molecule has 1 heterocycles. The minimum Gasteiger partial charge on any atom is -0.481 e. The van der Waals surface area contributed by atoms with E-state index in [0.29, 0.717) is 32.2 Å². The lowest BCUT2D eigenvalue weighted by molar-refractivity contribution is -0.187. The number of carboxylic acids is 1. The zero-order chi connectivity index (χ0) is 19.5. The second-order valence-corrected chi connectivity index (χ2v) is 7.31. The summed E-state index contributed by atoms with van der Waals surface area (Å²) in [4.78, 5) is 38.5. The van der Waals surface area contributed by atoms with Crippen LogP contribution >= 0.6 is 0 Å². The predicted octanol–water partition coefficient (Wildman–Crippen LogP) is 2.14. The van der Waals surface area contributed by atoms with Crippen LogP contribution in [-0.2, 0) is 14.4 Å². The fourth-order valence-corrected chi connectivity index (χ4v) is 3.81. The van der Waals surface area contributed by atoms with Gasteiger partial charge in [0.05, 0.1) is 18.4 Å². The Kier molecular flexibility index (Phi) is 6.52. The Bertz CT molecular complexity index is 553. The van der Waals surface area contributed by atoms with Gasteiger partial charge in [0.2, 0.25) is 11.8 Å². The highest BCUT2D eigenvalue weighted by atomic mass is 19.4. The van der Waals surface area contributed by atoms with Crippen LogP contribution in [0.1, 0.15) is 38.5 Å². The Labute approximate surface area is 150 Å². The van der Waals surface area contributed by atoms with Crippen LogP contribution in [0.4, 0.5) is 13.2 Å². The molecule has 148 valence electrons. The van der Waals surface area contributed by atoms with Crippen LogP contribution in [0.2, 0.25) is 0 Å². The van der Waals surface area contributed by atoms with Crippen LogP contribution in [-0.4, -0.2) is 65.5 Å². The van der Waals surface area contributed by atoms with Crippen molar-refractivity contribution >= 4 is 17.8 Å². The number of carboxylic acid groups (broad SMARTS) is 1. The van der Waals surface area contributed by atoms with E-state index < -0.39 is 35.8 Å². The van der Waals surface area contributed by atoms with Crippen LogP contribution in [0.15, 0.2) is 0 Å². The number of likely N-dealkylation sites (tertiary alicyclic amines) is 1. The summed E-state index contributed by atoms with van der Waals surface area (Å²) in [5, 5.41) is 9.07. The summed E-state index contributed by atoms with van der Waals surface area (Å²) in [7, 11) is 1.41. The molecular weight excluding hydrogens is 353 g/mol. The van der Waals surface area contributed by atoms with Crippen molar-refractivity contribution in [3.05, 3.63) is 0 Å². The van der Waals surface area contributed by atoms with Crippen LogP contribution in [0, 0.1) is 17.8 Å². The number of carbonyl (C=O) groups is 3. The maximum absolute atomic E-state index is 12.9. The van der Waals surface area contributed by atoms with Gasteiger partial charge in [0.1, 0.15) is 0 Å². The third kappa shape index (κ3) is 5.11. The quantitative estimate of drug-likeness (QED) is 0.813. The van der Waals surface area contributed by atoms with Gasteiger partial charge in [0.25, 0.3) is 0 Å². The van der Waals surface area contributed by atoms with Gasteiger partial charge in [-0.15, -0.1) is 0 Å². The average Bonchev–Trinajstić information content (AvgIpc) is 2.60. The van der Waals surface area contributed by atoms with Crippen LogP contribution in [0.25, 0.3) is 0 Å². The minimum absolute atomic E-state index is 0.0419. The Hall–Kier alpha value is -1.80. The molecule has 2 rings (SSSR count). The molecule has 0 radical (unpaired) electrons. The number of amides is 2. The number of likely N-dealkylation sites (N-methyl/N-ethyl adjacent to an activating group) is 1. The monoisotopic (exact) mass is 378 g/mol. The number of alkyl halides is 3. The van der Waals surface area contributed by atoms with Gasteiger partial charge in [0.15, 0.2) is 0 Å². The lowest BCUT2D eigenvalue weighted by atomic mass is 9.80. The molecule has 6 nitrogen and oxygen atoms in total. The first kappa shape index (κ1) is 20.5. The van der Waals surface area contributed by atoms with Crippen LogP contribution in [0.3, 0.4) is 0 Å². The smallest absolute Gasteiger partial charge is 0.391 e. The van der Waals surface area contributed by atoms with Gasteiger partial charge in [-0.2, -0.15) is 13.2 Å². The number of piperidine rings is 1. The molecule has 2 amide bonds. The van der Waals surface area contributed by atoms with Crippen molar-refractivity contribution in [2.75, 3.05) is 26.7 Å². The topological polar surface area (TPSA) is 77.9 Å². The Morgan fingerprint density at radius 3 is 2.38 bits per heavy atom. The number of nitrogens with zero attached hydrogens (tertiary/aromatic N) is 2. The molecule has 3 atom stereocenters. The van der Waals surface area contributed by atoms with E-state index in [0.717, 1.165) is 0 Å². The van der Waals surface area contributed by atoms with Crippen molar-refractivity contribution < 1.29 is 32.7 Å². The highest BCUT2D eigenvalue weighted by molar-refractivity contribution is 5.86. The third-order valence-corrected chi connectivity index (χ3v) is 5.36. The zero-order valence-electron chi connectivity index (χ0n) is 14.8. The second kappa shape index (κ2) is 8.26. The van der Waals surface area contributed by atoms with Gasteiger partial charge in [-0.1, -0.05) is 6.42 Å². The molecule has 0 aromatic heterocycles. The second-order valence-electron chi connectivity index (χ2n) is 7.31. The van der Waals surface area contributed by atoms with E-state index in [1.807, 2.05) is 0 Å². The zero-order valence-corrected chi connectivity index (χ0v) is 14.8. The van der Waals surface area contributed by atoms with Gasteiger partial charge in [-0.3, -0.25) is 14.4 Å². The number of hydrogen-bond donors (Lipinski definition) is 1. The average molecular weight is 378 g/mol. The lowest BCUT2D eigenvalue weighted by Gasteiger charge is -2.34. The van der Waals surface area contributed by atoms with Gasteiger partial charge in [0, 0.05) is 26.1 Å². The fraction of sp³-hybridized carbons (Fsp3) is 0.824. The van der Waals surface area contributed by atoms with Crippen molar-refractivity contribution in [3.63, 3.8) is 0 Å². The van der Waals surface area contributed by atoms with E-state index in [4.69, 9.17) is 5.11 Å². The van der Waals surface area contributed by atoms with Crippen molar-refractivity contribution in [3.8, 4) is 0 Å². The fourth-order valence-electron chi connectivity index (χ4n) is 3.81. The maximum atomic E-state index is 12.9. The van der Waals surface area contributed by atoms with Crippen molar-refractivity contribution in [2.45, 2.75) is 44.7 Å². The molecule has 0 aromatic rings. The number of aliphatic carboxylic acids is 1. The maximum Gasteiger partial charge on any atom is 0.391 e. The van der Waals surface area contributed by atoms with Gasteiger partial charge >= 0.3 is 12.1 Å². The van der Waals surface area contributed by atoms with E-state index in [1.165, 1.54) is 16.8 Å². The van der Waals surface area contributed by atoms with E-state index in [2.05, 4.69) is 0 Å². The SMILES string of the molecule is CN(CC(=O)N1CCCC(C(=O)O)C1)C(=O)C1CCCC(C(F)(F)F)C1. The Morgan fingerprint density at radius 2 is 1.77 bits per heavy atom. The number of halogens is 3. The van der Waals surface area contributed by atoms with E-state index in [9.17, 15) is 27.6 Å². The third-order valence-electron chi connectivity index (χ3n) is 5.36. The molecule has 0 spiro atoms. The summed E-state index contributed by atoms with van der Waals surface area (Å²) >= 11 is 0. The van der Waals surface area contributed by atoms with Crippen molar-refractivity contribution in [1.82, 2.24) is 9.80 Å². The standard InChI is InChI=1S/C17H25F3N2O4/c1-21(10-14(23)22-7-3-5-12(9-22)16(25)26)15(24)11-4-2-6-13(8-11)17(18,19)20/h11-13H,2-10H2,1H3,(H,25,26). The van der Waals surface area contributed by atoms with Gasteiger partial charge in [-0.05, 0) is 32.1 Å². The number of hydrogen-bond acceptors (Lipinski definition) is 3. The van der Waals surface area contributed by atoms with E-state index >= 15 is 0 Å². The first-order valence-electron chi connectivity index (χ1n) is 8.92. The number of rotatable bonds is 4. The summed E-state index contributed by atoms with van der Waals surface area (Å²) in [6.45, 7) is 0.304. The van der Waals surface area contributed by atoms with Crippen LogP contribution in [0.5, 0.6) is 0 Å². The molecule has 0 bridgehead atoms. The van der Waals surface area contributed by atoms with E-state index in [1.54, 1.807) is 0 Å². The molecular formula is C17H25F3N2O4. The van der Waals surface area contributed by atoms with Crippen molar-refractivity contribution in [1.29, 1.82) is 0 Å². The normalized spacial score (nSPS) is 27.1. The van der Waals surface area contributed by atoms with Crippen molar-refractivity contribution in [2.24, 2.45) is 17.8 Å². The molecule has 1 saturated carbocycles. The molecule has 1 saturated heterocycles. The highest BCUT2D eigenvalue weighted by Gasteiger charge is 2.44. The molecule has 2 aliphatic rings. The summed E-state index contributed by atoms with van der Waals surface area (Å²) < 4.78 is 38.7. The first-order chi connectivity index (χ1) is 12.1. The summed E-state index contributed by atoms with van der Waals surface area (Å²) in [5.41, 5.74) is 0. The Morgan fingerprint density at radius 1 is 1.12 bits per heavy atom.